The van der Waals surface area contributed by atoms with Gasteiger partial charge in [0.15, 0.2) is 0 Å². The third-order valence-corrected chi connectivity index (χ3v) is 6.58. The number of pyridine rings is 1. The topological polar surface area (TPSA) is 39.9 Å². The zero-order valence-corrected chi connectivity index (χ0v) is 16.8. The minimum Gasteiger partial charge on any atom is -0.378 e. The Morgan fingerprint density at radius 1 is 1.14 bits per heavy atom. The molecule has 4 nitrogen and oxygen atoms in total. The smallest absolute Gasteiger partial charge is 0.113 e. The van der Waals surface area contributed by atoms with Crippen molar-refractivity contribution < 1.29 is 9.13 Å². The summed E-state index contributed by atoms with van der Waals surface area (Å²) in [4.78, 5) is 9.64. The van der Waals surface area contributed by atoms with E-state index in [2.05, 4.69) is 16.5 Å². The summed E-state index contributed by atoms with van der Waals surface area (Å²) in [5.74, 6) is 1.39. The van der Waals surface area contributed by atoms with Gasteiger partial charge in [0.1, 0.15) is 17.5 Å². The van der Waals surface area contributed by atoms with E-state index in [0.29, 0.717) is 29.8 Å². The number of hydrogen-bond acceptors (Lipinski definition) is 3. The Balaban J connectivity index is 1.73. The van der Waals surface area contributed by atoms with Crippen molar-refractivity contribution in [2.75, 3.05) is 6.61 Å². The summed E-state index contributed by atoms with van der Waals surface area (Å²) in [7, 11) is 0. The Labute approximate surface area is 169 Å². The molecule has 2 fully saturated rings. The molecule has 2 aromatic heterocycles. The number of nitrogens with zero attached hydrogens (tertiary/aromatic N) is 3. The summed E-state index contributed by atoms with van der Waals surface area (Å²) < 4.78 is 22.0. The third kappa shape index (κ3) is 3.18. The second kappa shape index (κ2) is 7.27. The molecule has 1 saturated carbocycles. The average Bonchev–Trinajstić information content (AvgIpc) is 3.08. The Hall–Kier alpha value is -1.72. The Kier molecular flexibility index (Phi) is 4.76. The van der Waals surface area contributed by atoms with Crippen LogP contribution in [0.5, 0.6) is 0 Å². The van der Waals surface area contributed by atoms with E-state index < -0.39 is 6.17 Å². The van der Waals surface area contributed by atoms with Crippen LogP contribution in [0.3, 0.4) is 0 Å². The number of aromatic nitrogens is 3. The van der Waals surface area contributed by atoms with Gasteiger partial charge in [0, 0.05) is 29.0 Å². The van der Waals surface area contributed by atoms with E-state index >= 15 is 0 Å². The quantitative estimate of drug-likeness (QED) is 0.530. The highest BCUT2D eigenvalue weighted by Crippen LogP contribution is 2.40. The maximum Gasteiger partial charge on any atom is 0.113 e. The maximum absolute atomic E-state index is 13.8. The summed E-state index contributed by atoms with van der Waals surface area (Å²) in [6.07, 6.45) is 6.32. The number of hydrogen-bond donors (Lipinski definition) is 0. The zero-order valence-electron chi connectivity index (χ0n) is 16.1. The summed E-state index contributed by atoms with van der Waals surface area (Å²) >= 11 is 6.33. The van der Waals surface area contributed by atoms with Crippen LogP contribution in [0.1, 0.15) is 63.2 Å². The van der Waals surface area contributed by atoms with E-state index in [1.54, 1.807) is 0 Å². The second-order valence-electron chi connectivity index (χ2n) is 8.30. The summed E-state index contributed by atoms with van der Waals surface area (Å²) in [6.45, 7) is 2.89. The predicted octanol–water partition coefficient (Wildman–Crippen LogP) is 5.97. The summed E-state index contributed by atoms with van der Waals surface area (Å²) in [6, 6.07) is 6.17. The lowest BCUT2D eigenvalue weighted by Gasteiger charge is -2.32. The van der Waals surface area contributed by atoms with Crippen LogP contribution in [0.25, 0.3) is 21.9 Å². The van der Waals surface area contributed by atoms with E-state index in [4.69, 9.17) is 21.3 Å². The monoisotopic (exact) mass is 401 g/mol. The van der Waals surface area contributed by atoms with Crippen LogP contribution in [0, 0.1) is 0 Å². The van der Waals surface area contributed by atoms with Crippen LogP contribution >= 0.6 is 11.6 Å². The SMILES string of the molecule is C[C@@H]1C[C@H](n2c3c(cnc4ccc(Cl)cc43)nc2[C@H]2CC[C@@H](F)CC2)CCO1. The van der Waals surface area contributed by atoms with Crippen molar-refractivity contribution in [3.8, 4) is 0 Å². The van der Waals surface area contributed by atoms with E-state index in [1.807, 2.05) is 24.4 Å². The van der Waals surface area contributed by atoms with Crippen LogP contribution < -0.4 is 0 Å². The highest BCUT2D eigenvalue weighted by molar-refractivity contribution is 6.31. The molecular weight excluding hydrogens is 377 g/mol. The van der Waals surface area contributed by atoms with Gasteiger partial charge in [-0.3, -0.25) is 4.98 Å². The van der Waals surface area contributed by atoms with Crippen LogP contribution in [-0.2, 0) is 4.74 Å². The van der Waals surface area contributed by atoms with Crippen LogP contribution in [-0.4, -0.2) is 33.4 Å². The zero-order chi connectivity index (χ0) is 19.3. The molecule has 2 aliphatic rings. The fraction of sp³-hybridized carbons (Fsp3) is 0.545. The van der Waals surface area contributed by atoms with Crippen molar-refractivity contribution in [3.63, 3.8) is 0 Å². The molecule has 0 bridgehead atoms. The van der Waals surface area contributed by atoms with E-state index in [0.717, 1.165) is 60.1 Å². The van der Waals surface area contributed by atoms with Crippen molar-refractivity contribution >= 4 is 33.5 Å². The summed E-state index contributed by atoms with van der Waals surface area (Å²) in [5, 5.41) is 1.75. The minimum absolute atomic E-state index is 0.224. The normalized spacial score (nSPS) is 28.8. The van der Waals surface area contributed by atoms with Gasteiger partial charge < -0.3 is 9.30 Å². The van der Waals surface area contributed by atoms with Gasteiger partial charge in [0.2, 0.25) is 0 Å². The molecule has 0 spiro atoms. The first-order chi connectivity index (χ1) is 13.6. The molecule has 148 valence electrons. The molecule has 0 N–H and O–H groups in total. The van der Waals surface area contributed by atoms with Gasteiger partial charge in [0.05, 0.1) is 23.3 Å². The number of alkyl halides is 1. The molecule has 5 rings (SSSR count). The summed E-state index contributed by atoms with van der Waals surface area (Å²) in [5.41, 5.74) is 2.95. The Morgan fingerprint density at radius 2 is 1.96 bits per heavy atom. The average molecular weight is 402 g/mol. The van der Waals surface area contributed by atoms with Gasteiger partial charge in [-0.15, -0.1) is 0 Å². The van der Waals surface area contributed by atoms with Gasteiger partial charge in [-0.25, -0.2) is 9.37 Å². The molecule has 1 aliphatic carbocycles. The highest BCUT2D eigenvalue weighted by Gasteiger charge is 2.31. The third-order valence-electron chi connectivity index (χ3n) is 6.35. The molecular formula is C22H25ClFN3O. The van der Waals surface area contributed by atoms with Gasteiger partial charge in [-0.2, -0.15) is 0 Å². The largest absolute Gasteiger partial charge is 0.378 e. The standard InChI is InChI=1S/C22H25ClFN3O/c1-13-10-17(8-9-28-13)27-21-18-11-15(23)4-7-19(18)25-12-20(21)26-22(27)14-2-5-16(24)6-3-14/h4,7,11-14,16-17H,2-3,5-6,8-10H2,1H3/t13-,14-,16+,17-/m1/s1. The number of ether oxygens (including phenoxy) is 1. The highest BCUT2D eigenvalue weighted by atomic mass is 35.5. The molecule has 28 heavy (non-hydrogen) atoms. The molecule has 2 atom stereocenters. The van der Waals surface area contributed by atoms with E-state index in [-0.39, 0.29) is 6.10 Å². The van der Waals surface area contributed by atoms with Crippen molar-refractivity contribution in [2.24, 2.45) is 0 Å². The Morgan fingerprint density at radius 3 is 2.75 bits per heavy atom. The van der Waals surface area contributed by atoms with Crippen LogP contribution in [0.4, 0.5) is 4.39 Å². The molecule has 0 radical (unpaired) electrons. The van der Waals surface area contributed by atoms with Crippen LogP contribution in [0.2, 0.25) is 5.02 Å². The van der Waals surface area contributed by atoms with Crippen molar-refractivity contribution in [3.05, 3.63) is 35.2 Å². The molecule has 6 heteroatoms. The fourth-order valence-electron chi connectivity index (χ4n) is 4.94. The predicted molar refractivity (Wildman–Crippen MR) is 110 cm³/mol. The lowest BCUT2D eigenvalue weighted by Crippen LogP contribution is -2.28. The van der Waals surface area contributed by atoms with Crippen molar-refractivity contribution in [1.29, 1.82) is 0 Å². The number of fused-ring (bicyclic) bond motifs is 3. The van der Waals surface area contributed by atoms with Gasteiger partial charge in [0.25, 0.3) is 0 Å². The number of rotatable bonds is 2. The molecule has 0 amide bonds. The van der Waals surface area contributed by atoms with E-state index in [1.165, 1.54) is 0 Å². The molecule has 1 aromatic carbocycles. The first-order valence-electron chi connectivity index (χ1n) is 10.3. The van der Waals surface area contributed by atoms with Gasteiger partial charge in [-0.05, 0) is 63.6 Å². The molecule has 1 aliphatic heterocycles. The number of halogens is 2. The molecule has 0 unspecified atom stereocenters. The molecule has 3 heterocycles. The number of benzene rings is 1. The van der Waals surface area contributed by atoms with Crippen molar-refractivity contribution in [2.45, 2.75) is 69.7 Å². The fourth-order valence-corrected chi connectivity index (χ4v) is 5.12. The lowest BCUT2D eigenvalue weighted by molar-refractivity contribution is 0.00591. The van der Waals surface area contributed by atoms with Crippen molar-refractivity contribution in [1.82, 2.24) is 14.5 Å². The minimum atomic E-state index is -0.668. The van der Waals surface area contributed by atoms with Crippen LogP contribution in [0.15, 0.2) is 24.4 Å². The molecule has 1 saturated heterocycles. The first kappa shape index (κ1) is 18.3. The maximum atomic E-state index is 13.8. The lowest BCUT2D eigenvalue weighted by atomic mass is 9.87. The first-order valence-corrected chi connectivity index (χ1v) is 10.7. The van der Waals surface area contributed by atoms with E-state index in [9.17, 15) is 4.39 Å². The van der Waals surface area contributed by atoms with Gasteiger partial charge in [-0.1, -0.05) is 11.6 Å². The van der Waals surface area contributed by atoms with Gasteiger partial charge >= 0.3 is 0 Å². The number of imidazole rings is 1. The molecule has 3 aromatic rings. The Bertz CT molecular complexity index is 1010. The second-order valence-corrected chi connectivity index (χ2v) is 8.74.